The van der Waals surface area contributed by atoms with E-state index >= 15 is 0 Å². The fourth-order valence-electron chi connectivity index (χ4n) is 1.26. The number of carboxylic acids is 1. The smallest absolute Gasteiger partial charge is 0.354 e. The number of aromatic nitrogens is 3. The highest BCUT2D eigenvalue weighted by molar-refractivity contribution is 5.85. The minimum atomic E-state index is -1.05. The number of pyridine rings is 1. The maximum absolute atomic E-state index is 10.7. The summed E-state index contributed by atoms with van der Waals surface area (Å²) in [6.07, 6.45) is 3.10. The van der Waals surface area contributed by atoms with Crippen molar-refractivity contribution in [1.82, 2.24) is 15.0 Å². The van der Waals surface area contributed by atoms with Crippen molar-refractivity contribution in [3.63, 3.8) is 0 Å². The Bertz CT molecular complexity index is 516. The average molecular weight is 230 g/mol. The Morgan fingerprint density at radius 2 is 2.24 bits per heavy atom. The molecule has 2 N–H and O–H groups in total. The molecule has 2 heterocycles. The number of rotatable bonds is 4. The number of hydrogen-bond donors (Lipinski definition) is 2. The summed E-state index contributed by atoms with van der Waals surface area (Å²) < 4.78 is 0. The summed E-state index contributed by atoms with van der Waals surface area (Å²) in [6.45, 7) is 0.471. The van der Waals surface area contributed by atoms with E-state index in [0.717, 1.165) is 5.69 Å². The summed E-state index contributed by atoms with van der Waals surface area (Å²) in [5, 5.41) is 11.8. The maximum Gasteiger partial charge on any atom is 0.354 e. The van der Waals surface area contributed by atoms with Gasteiger partial charge in [0.2, 0.25) is 0 Å². The molecule has 0 bridgehead atoms. The van der Waals surface area contributed by atoms with Crippen LogP contribution >= 0.6 is 0 Å². The van der Waals surface area contributed by atoms with Gasteiger partial charge in [-0.15, -0.1) is 0 Å². The van der Waals surface area contributed by atoms with E-state index in [1.807, 2.05) is 0 Å². The van der Waals surface area contributed by atoms with Crippen molar-refractivity contribution in [2.45, 2.75) is 6.54 Å². The molecule has 0 unspecified atom stereocenters. The second-order valence-corrected chi connectivity index (χ2v) is 3.27. The Balaban J connectivity index is 2.04. The minimum Gasteiger partial charge on any atom is -0.477 e. The molecule has 2 rings (SSSR count). The number of carbonyl (C=O) groups is 1. The van der Waals surface area contributed by atoms with Crippen LogP contribution in [0.3, 0.4) is 0 Å². The normalized spacial score (nSPS) is 9.88. The van der Waals surface area contributed by atoms with Crippen molar-refractivity contribution < 1.29 is 9.90 Å². The van der Waals surface area contributed by atoms with Gasteiger partial charge in [-0.3, -0.25) is 0 Å². The molecule has 0 atom stereocenters. The van der Waals surface area contributed by atoms with Crippen molar-refractivity contribution in [2.75, 3.05) is 5.32 Å². The largest absolute Gasteiger partial charge is 0.477 e. The zero-order valence-electron chi connectivity index (χ0n) is 8.87. The molecule has 0 spiro atoms. The van der Waals surface area contributed by atoms with E-state index in [2.05, 4.69) is 20.3 Å². The van der Waals surface area contributed by atoms with E-state index in [1.54, 1.807) is 24.4 Å². The molecule has 0 saturated carbocycles. The fraction of sp³-hybridized carbons (Fsp3) is 0.0909. The lowest BCUT2D eigenvalue weighted by Crippen LogP contribution is -2.06. The van der Waals surface area contributed by atoms with E-state index in [1.165, 1.54) is 12.4 Å². The molecule has 2 aromatic rings. The highest BCUT2D eigenvalue weighted by Crippen LogP contribution is 2.06. The first-order chi connectivity index (χ1) is 8.25. The van der Waals surface area contributed by atoms with Crippen LogP contribution in [-0.4, -0.2) is 26.0 Å². The third-order valence-corrected chi connectivity index (χ3v) is 2.06. The van der Waals surface area contributed by atoms with Gasteiger partial charge in [0.05, 0.1) is 12.2 Å². The number of anilines is 1. The molecule has 0 aromatic carbocycles. The van der Waals surface area contributed by atoms with Crippen LogP contribution in [0.15, 0.2) is 36.8 Å². The summed E-state index contributed by atoms with van der Waals surface area (Å²) in [5.74, 6) is -0.542. The van der Waals surface area contributed by atoms with Gasteiger partial charge in [0.15, 0.2) is 5.69 Å². The van der Waals surface area contributed by atoms with Crippen molar-refractivity contribution >= 4 is 11.8 Å². The first kappa shape index (κ1) is 11.0. The topological polar surface area (TPSA) is 88.0 Å². The monoisotopic (exact) mass is 230 g/mol. The summed E-state index contributed by atoms with van der Waals surface area (Å²) in [4.78, 5) is 22.5. The average Bonchev–Trinajstić information content (AvgIpc) is 2.38. The molecule has 6 heteroatoms. The molecule has 0 amide bonds. The number of nitrogens with one attached hydrogen (secondary N) is 1. The molecule has 86 valence electrons. The highest BCUT2D eigenvalue weighted by Gasteiger charge is 2.04. The molecule has 6 nitrogen and oxygen atoms in total. The lowest BCUT2D eigenvalue weighted by Gasteiger charge is -2.05. The molecule has 0 saturated heterocycles. The molecule has 0 aliphatic rings. The standard InChI is InChI=1S/C11H10N4O2/c16-11(17)9-2-1-3-10(15-9)13-6-8-4-5-12-7-14-8/h1-5,7H,6H2,(H,13,15)(H,16,17). The Morgan fingerprint density at radius 3 is 2.94 bits per heavy atom. The Morgan fingerprint density at radius 1 is 1.35 bits per heavy atom. The van der Waals surface area contributed by atoms with Crippen LogP contribution in [-0.2, 0) is 6.54 Å². The van der Waals surface area contributed by atoms with E-state index in [4.69, 9.17) is 5.11 Å². The molecule has 0 radical (unpaired) electrons. The van der Waals surface area contributed by atoms with Crippen LogP contribution in [0.4, 0.5) is 5.82 Å². The molecule has 2 aromatic heterocycles. The Hall–Kier alpha value is -2.50. The third kappa shape index (κ3) is 2.97. The van der Waals surface area contributed by atoms with Crippen molar-refractivity contribution in [1.29, 1.82) is 0 Å². The Kier molecular flexibility index (Phi) is 3.25. The van der Waals surface area contributed by atoms with Crippen LogP contribution in [0.2, 0.25) is 0 Å². The van der Waals surface area contributed by atoms with Crippen molar-refractivity contribution in [2.24, 2.45) is 0 Å². The van der Waals surface area contributed by atoms with Crippen LogP contribution < -0.4 is 5.32 Å². The predicted molar refractivity (Wildman–Crippen MR) is 60.6 cm³/mol. The summed E-state index contributed by atoms with van der Waals surface area (Å²) in [5.41, 5.74) is 0.820. The fourth-order valence-corrected chi connectivity index (χ4v) is 1.26. The van der Waals surface area contributed by atoms with Gasteiger partial charge in [0, 0.05) is 6.20 Å². The quantitative estimate of drug-likeness (QED) is 0.820. The van der Waals surface area contributed by atoms with Crippen molar-refractivity contribution in [3.8, 4) is 0 Å². The second kappa shape index (κ2) is 5.02. The minimum absolute atomic E-state index is 0.0117. The van der Waals surface area contributed by atoms with E-state index in [-0.39, 0.29) is 5.69 Å². The molecule has 0 aliphatic carbocycles. The zero-order valence-corrected chi connectivity index (χ0v) is 8.87. The third-order valence-electron chi connectivity index (χ3n) is 2.06. The molecular weight excluding hydrogens is 220 g/mol. The van der Waals surface area contributed by atoms with Gasteiger partial charge in [-0.1, -0.05) is 6.07 Å². The van der Waals surface area contributed by atoms with Gasteiger partial charge in [-0.25, -0.2) is 19.7 Å². The maximum atomic E-state index is 10.7. The zero-order chi connectivity index (χ0) is 12.1. The number of nitrogens with zero attached hydrogens (tertiary/aromatic N) is 3. The van der Waals surface area contributed by atoms with Gasteiger partial charge in [0.25, 0.3) is 0 Å². The van der Waals surface area contributed by atoms with Crippen LogP contribution in [0.25, 0.3) is 0 Å². The Labute approximate surface area is 97.4 Å². The van der Waals surface area contributed by atoms with Gasteiger partial charge in [-0.05, 0) is 18.2 Å². The molecule has 0 aliphatic heterocycles. The lowest BCUT2D eigenvalue weighted by molar-refractivity contribution is 0.0690. The van der Waals surface area contributed by atoms with E-state index in [9.17, 15) is 4.79 Å². The number of carboxylic acid groups (broad SMARTS) is 1. The number of hydrogen-bond acceptors (Lipinski definition) is 5. The summed E-state index contributed by atoms with van der Waals surface area (Å²) >= 11 is 0. The van der Waals surface area contributed by atoms with Gasteiger partial charge in [0.1, 0.15) is 12.1 Å². The molecule has 17 heavy (non-hydrogen) atoms. The van der Waals surface area contributed by atoms with Gasteiger partial charge < -0.3 is 10.4 Å². The van der Waals surface area contributed by atoms with Crippen LogP contribution in [0.1, 0.15) is 16.2 Å². The second-order valence-electron chi connectivity index (χ2n) is 3.27. The van der Waals surface area contributed by atoms with Gasteiger partial charge >= 0.3 is 5.97 Å². The van der Waals surface area contributed by atoms with E-state index < -0.39 is 5.97 Å². The SMILES string of the molecule is O=C(O)c1cccc(NCc2ccncn2)n1. The lowest BCUT2D eigenvalue weighted by atomic mass is 10.3. The highest BCUT2D eigenvalue weighted by atomic mass is 16.4. The summed E-state index contributed by atoms with van der Waals surface area (Å²) in [7, 11) is 0. The van der Waals surface area contributed by atoms with Gasteiger partial charge in [-0.2, -0.15) is 0 Å². The predicted octanol–water partition coefficient (Wildman–Crippen LogP) is 1.18. The molecule has 0 fully saturated rings. The number of aromatic carboxylic acids is 1. The summed E-state index contributed by atoms with van der Waals surface area (Å²) in [6, 6.07) is 6.55. The van der Waals surface area contributed by atoms with Crippen LogP contribution in [0.5, 0.6) is 0 Å². The molecular formula is C11H10N4O2. The van der Waals surface area contributed by atoms with Crippen LogP contribution in [0, 0.1) is 0 Å². The van der Waals surface area contributed by atoms with E-state index in [0.29, 0.717) is 12.4 Å². The first-order valence-electron chi connectivity index (χ1n) is 4.95. The first-order valence-corrected chi connectivity index (χ1v) is 4.95. The van der Waals surface area contributed by atoms with Crippen molar-refractivity contribution in [3.05, 3.63) is 48.2 Å².